The summed E-state index contributed by atoms with van der Waals surface area (Å²) in [6, 6.07) is -0.940. The quantitative estimate of drug-likeness (QED) is 0.637. The molecule has 2 N–H and O–H groups in total. The van der Waals surface area contributed by atoms with E-state index < -0.39 is 30.1 Å². The average Bonchev–Trinajstić information content (AvgIpc) is 2.58. The zero-order chi connectivity index (χ0) is 11.6. The molecule has 0 spiro atoms. The van der Waals surface area contributed by atoms with E-state index in [1.807, 2.05) is 0 Å². The number of carboxylic acids is 1. The molecule has 6 nitrogen and oxygen atoms in total. The van der Waals surface area contributed by atoms with Crippen LogP contribution in [0.15, 0.2) is 0 Å². The van der Waals surface area contributed by atoms with Gasteiger partial charge in [0.2, 0.25) is 0 Å². The molecule has 0 aliphatic carbocycles. The van der Waals surface area contributed by atoms with Crippen LogP contribution in [0, 0.1) is 0 Å². The Balaban J connectivity index is 2.75. The lowest BCUT2D eigenvalue weighted by molar-refractivity contribution is -0.152. The fourth-order valence-electron chi connectivity index (χ4n) is 1.63. The first-order valence-corrected chi connectivity index (χ1v) is 4.71. The molecule has 0 aromatic rings. The standard InChI is InChI=1S/C9H15NO5/c1-5(15-2)8(12)10-4-6(11)3-7(10)9(13)14/h5-7,11H,3-4H2,1-2H3,(H,13,14). The van der Waals surface area contributed by atoms with Crippen LogP contribution in [0.3, 0.4) is 0 Å². The fourth-order valence-corrected chi connectivity index (χ4v) is 1.63. The maximum absolute atomic E-state index is 11.7. The number of hydrogen-bond donors (Lipinski definition) is 2. The van der Waals surface area contributed by atoms with Gasteiger partial charge in [-0.2, -0.15) is 0 Å². The predicted octanol–water partition coefficient (Wildman–Crippen LogP) is -0.932. The number of nitrogens with zero attached hydrogens (tertiary/aromatic N) is 1. The van der Waals surface area contributed by atoms with Crippen LogP contribution in [-0.2, 0) is 14.3 Å². The highest BCUT2D eigenvalue weighted by Crippen LogP contribution is 2.19. The monoisotopic (exact) mass is 217 g/mol. The molecule has 1 rings (SSSR count). The molecular weight excluding hydrogens is 202 g/mol. The van der Waals surface area contributed by atoms with Gasteiger partial charge in [-0.3, -0.25) is 4.79 Å². The van der Waals surface area contributed by atoms with Gasteiger partial charge in [-0.15, -0.1) is 0 Å². The Morgan fingerprint density at radius 3 is 2.60 bits per heavy atom. The van der Waals surface area contributed by atoms with Crippen molar-refractivity contribution >= 4 is 11.9 Å². The zero-order valence-electron chi connectivity index (χ0n) is 8.71. The summed E-state index contributed by atoms with van der Waals surface area (Å²) in [7, 11) is 1.38. The Labute approximate surface area is 87.4 Å². The summed E-state index contributed by atoms with van der Waals surface area (Å²) in [5, 5.41) is 18.2. The first-order chi connectivity index (χ1) is 6.97. The summed E-state index contributed by atoms with van der Waals surface area (Å²) in [5.74, 6) is -1.50. The van der Waals surface area contributed by atoms with Crippen LogP contribution in [0.1, 0.15) is 13.3 Å². The maximum Gasteiger partial charge on any atom is 0.326 e. The molecule has 3 atom stereocenters. The molecule has 0 aromatic heterocycles. The third kappa shape index (κ3) is 2.45. The summed E-state index contributed by atoms with van der Waals surface area (Å²) < 4.78 is 4.82. The van der Waals surface area contributed by atoms with Crippen molar-refractivity contribution in [2.45, 2.75) is 31.6 Å². The number of hydrogen-bond acceptors (Lipinski definition) is 4. The lowest BCUT2D eigenvalue weighted by Crippen LogP contribution is -2.45. The molecule has 6 heteroatoms. The lowest BCUT2D eigenvalue weighted by atomic mass is 10.2. The third-order valence-electron chi connectivity index (χ3n) is 2.55. The molecule has 1 aliphatic heterocycles. The molecule has 0 aromatic carbocycles. The van der Waals surface area contributed by atoms with Gasteiger partial charge in [0.15, 0.2) is 0 Å². The van der Waals surface area contributed by atoms with Crippen molar-refractivity contribution in [2.24, 2.45) is 0 Å². The summed E-state index contributed by atoms with van der Waals surface area (Å²) in [4.78, 5) is 23.6. The van der Waals surface area contributed by atoms with Crippen molar-refractivity contribution in [3.8, 4) is 0 Å². The van der Waals surface area contributed by atoms with Gasteiger partial charge in [0.25, 0.3) is 5.91 Å². The largest absolute Gasteiger partial charge is 0.480 e. The minimum Gasteiger partial charge on any atom is -0.480 e. The lowest BCUT2D eigenvalue weighted by Gasteiger charge is -2.23. The fraction of sp³-hybridized carbons (Fsp3) is 0.778. The molecule has 1 saturated heterocycles. The second kappa shape index (κ2) is 4.59. The smallest absolute Gasteiger partial charge is 0.326 e. The van der Waals surface area contributed by atoms with E-state index in [9.17, 15) is 14.7 Å². The minimum absolute atomic E-state index is 0.0590. The van der Waals surface area contributed by atoms with Gasteiger partial charge >= 0.3 is 5.97 Å². The van der Waals surface area contributed by atoms with Crippen LogP contribution in [-0.4, -0.2) is 58.9 Å². The van der Waals surface area contributed by atoms with Gasteiger partial charge in [0, 0.05) is 20.1 Å². The number of likely N-dealkylation sites (tertiary alicyclic amines) is 1. The number of aliphatic hydroxyl groups excluding tert-OH is 1. The van der Waals surface area contributed by atoms with Crippen molar-refractivity contribution < 1.29 is 24.5 Å². The summed E-state index contributed by atoms with van der Waals surface area (Å²) in [6.45, 7) is 1.61. The van der Waals surface area contributed by atoms with E-state index in [0.717, 1.165) is 4.90 Å². The van der Waals surface area contributed by atoms with Gasteiger partial charge < -0.3 is 19.8 Å². The van der Waals surface area contributed by atoms with Crippen LogP contribution in [0.4, 0.5) is 0 Å². The highest BCUT2D eigenvalue weighted by atomic mass is 16.5. The normalized spacial score (nSPS) is 27.8. The number of amides is 1. The minimum atomic E-state index is -1.09. The Hall–Kier alpha value is -1.14. The van der Waals surface area contributed by atoms with E-state index in [1.165, 1.54) is 7.11 Å². The number of carbonyl (C=O) groups excluding carboxylic acids is 1. The van der Waals surface area contributed by atoms with Crippen LogP contribution in [0.25, 0.3) is 0 Å². The molecule has 1 aliphatic rings. The summed E-state index contributed by atoms with van der Waals surface area (Å²) in [6.07, 6.45) is -1.37. The number of aliphatic hydroxyl groups is 1. The zero-order valence-corrected chi connectivity index (χ0v) is 8.71. The van der Waals surface area contributed by atoms with E-state index in [2.05, 4.69) is 0 Å². The number of carbonyl (C=O) groups is 2. The van der Waals surface area contributed by atoms with Crippen molar-refractivity contribution in [1.82, 2.24) is 4.90 Å². The SMILES string of the molecule is COC(C)C(=O)N1CC(O)CC1C(=O)O. The molecule has 15 heavy (non-hydrogen) atoms. The van der Waals surface area contributed by atoms with Crippen molar-refractivity contribution in [1.29, 1.82) is 0 Å². The molecular formula is C9H15NO5. The molecule has 3 unspecified atom stereocenters. The van der Waals surface area contributed by atoms with Gasteiger partial charge in [0.1, 0.15) is 12.1 Å². The topological polar surface area (TPSA) is 87.1 Å². The number of carboxylic acid groups (broad SMARTS) is 1. The van der Waals surface area contributed by atoms with E-state index in [-0.39, 0.29) is 13.0 Å². The van der Waals surface area contributed by atoms with Crippen LogP contribution >= 0.6 is 0 Å². The van der Waals surface area contributed by atoms with Gasteiger partial charge in [-0.05, 0) is 6.92 Å². The number of ether oxygens (including phenoxy) is 1. The highest BCUT2D eigenvalue weighted by molar-refractivity contribution is 5.86. The number of rotatable bonds is 3. The molecule has 1 heterocycles. The Bertz CT molecular complexity index is 267. The second-order valence-electron chi connectivity index (χ2n) is 3.61. The average molecular weight is 217 g/mol. The van der Waals surface area contributed by atoms with Crippen LogP contribution < -0.4 is 0 Å². The van der Waals surface area contributed by atoms with E-state index in [0.29, 0.717) is 0 Å². The van der Waals surface area contributed by atoms with E-state index in [4.69, 9.17) is 9.84 Å². The van der Waals surface area contributed by atoms with Crippen molar-refractivity contribution in [2.75, 3.05) is 13.7 Å². The first-order valence-electron chi connectivity index (χ1n) is 4.71. The van der Waals surface area contributed by atoms with E-state index >= 15 is 0 Å². The van der Waals surface area contributed by atoms with Crippen molar-refractivity contribution in [3.63, 3.8) is 0 Å². The molecule has 0 bridgehead atoms. The molecule has 1 amide bonds. The Kier molecular flexibility index (Phi) is 3.65. The van der Waals surface area contributed by atoms with Crippen molar-refractivity contribution in [3.05, 3.63) is 0 Å². The number of β-amino-alcohol motifs (C(OH)–C–C–N with tert-alkyl or cyclic N) is 1. The predicted molar refractivity (Wildman–Crippen MR) is 50.2 cm³/mol. The van der Waals surface area contributed by atoms with E-state index in [1.54, 1.807) is 6.92 Å². The van der Waals surface area contributed by atoms with Crippen LogP contribution in [0.2, 0.25) is 0 Å². The second-order valence-corrected chi connectivity index (χ2v) is 3.61. The molecule has 86 valence electrons. The third-order valence-corrected chi connectivity index (χ3v) is 2.55. The van der Waals surface area contributed by atoms with Gasteiger partial charge in [-0.25, -0.2) is 4.79 Å². The molecule has 1 fully saturated rings. The number of methoxy groups -OCH3 is 1. The Morgan fingerprint density at radius 1 is 1.53 bits per heavy atom. The van der Waals surface area contributed by atoms with Gasteiger partial charge in [-0.1, -0.05) is 0 Å². The summed E-state index contributed by atoms with van der Waals surface area (Å²) >= 11 is 0. The van der Waals surface area contributed by atoms with Gasteiger partial charge in [0.05, 0.1) is 6.10 Å². The maximum atomic E-state index is 11.7. The number of aliphatic carboxylic acids is 1. The molecule has 0 radical (unpaired) electrons. The van der Waals surface area contributed by atoms with Crippen LogP contribution in [0.5, 0.6) is 0 Å². The molecule has 0 saturated carbocycles. The highest BCUT2D eigenvalue weighted by Gasteiger charge is 2.40. The summed E-state index contributed by atoms with van der Waals surface area (Å²) in [5.41, 5.74) is 0. The first kappa shape index (κ1) is 11.9. The Morgan fingerprint density at radius 2 is 2.13 bits per heavy atom.